The van der Waals surface area contributed by atoms with Crippen molar-refractivity contribution in [2.75, 3.05) is 0 Å². The molecule has 2 N–H and O–H groups in total. The molecule has 0 fully saturated rings. The topological polar surface area (TPSA) is 84.2 Å². The van der Waals surface area contributed by atoms with Crippen molar-refractivity contribution in [1.29, 1.82) is 0 Å². The van der Waals surface area contributed by atoms with E-state index in [0.717, 1.165) is 32.9 Å². The van der Waals surface area contributed by atoms with Crippen molar-refractivity contribution in [3.05, 3.63) is 120 Å². The lowest BCUT2D eigenvalue weighted by atomic mass is 9.97. The molecule has 0 amide bonds. The molecule has 4 aromatic carbocycles. The van der Waals surface area contributed by atoms with Gasteiger partial charge in [0, 0.05) is 21.8 Å². The van der Waals surface area contributed by atoms with Crippen molar-refractivity contribution < 1.29 is 19.1 Å². The van der Waals surface area contributed by atoms with E-state index in [1.54, 1.807) is 0 Å². The van der Waals surface area contributed by atoms with E-state index in [2.05, 4.69) is 9.97 Å². The Kier molecular flexibility index (Phi) is 7.60. The molecular weight excluding hydrogens is 524 g/mol. The summed E-state index contributed by atoms with van der Waals surface area (Å²) >= 11 is 0. The Bertz CT molecular complexity index is 1720. The highest BCUT2D eigenvalue weighted by molar-refractivity contribution is 6.02. The smallest absolute Gasteiger partial charge is 0.318 e. The Balaban J connectivity index is 1.45. The summed E-state index contributed by atoms with van der Waals surface area (Å²) in [6, 6.07) is 34.7. The minimum Gasteiger partial charge on any atom is -0.423 e. The fourth-order valence-electron chi connectivity index (χ4n) is 5.59. The van der Waals surface area contributed by atoms with Gasteiger partial charge in [-0.25, -0.2) is 0 Å². The monoisotopic (exact) mass is 556 g/mol. The van der Waals surface area contributed by atoms with E-state index in [0.29, 0.717) is 35.7 Å². The number of para-hydroxylation sites is 2. The molecule has 0 spiro atoms. The zero-order chi connectivity index (χ0) is 29.1. The third-order valence-electron chi connectivity index (χ3n) is 7.76. The molecular formula is C36H32N2O4. The Morgan fingerprint density at radius 1 is 0.548 bits per heavy atom. The molecule has 2 heterocycles. The molecule has 6 nitrogen and oxygen atoms in total. The second-order valence-corrected chi connectivity index (χ2v) is 10.3. The number of carbonyl (C=O) groups is 2. The van der Waals surface area contributed by atoms with E-state index in [-0.39, 0.29) is 11.9 Å². The third-order valence-corrected chi connectivity index (χ3v) is 7.76. The van der Waals surface area contributed by atoms with Crippen molar-refractivity contribution in [1.82, 2.24) is 9.97 Å². The number of esters is 2. The van der Waals surface area contributed by atoms with Crippen LogP contribution in [0.15, 0.2) is 109 Å². The average Bonchev–Trinajstić information content (AvgIpc) is 3.57. The first-order chi connectivity index (χ1) is 20.6. The molecule has 6 aromatic rings. The molecule has 0 saturated heterocycles. The predicted octanol–water partition coefficient (Wildman–Crippen LogP) is 8.51. The van der Waals surface area contributed by atoms with Crippen molar-refractivity contribution in [2.24, 2.45) is 0 Å². The van der Waals surface area contributed by atoms with E-state index >= 15 is 0 Å². The van der Waals surface area contributed by atoms with Crippen LogP contribution in [0.25, 0.3) is 33.2 Å². The van der Waals surface area contributed by atoms with Gasteiger partial charge in [0.25, 0.3) is 0 Å². The number of H-pyrrole nitrogens is 2. The van der Waals surface area contributed by atoms with Gasteiger partial charge < -0.3 is 19.4 Å². The molecule has 0 saturated carbocycles. The van der Waals surface area contributed by atoms with Crippen LogP contribution in [-0.4, -0.2) is 21.9 Å². The van der Waals surface area contributed by atoms with Gasteiger partial charge in [-0.1, -0.05) is 98.8 Å². The molecule has 0 radical (unpaired) electrons. The summed E-state index contributed by atoms with van der Waals surface area (Å²) in [6.07, 6.45) is 1.18. The Morgan fingerprint density at radius 2 is 0.905 bits per heavy atom. The number of aromatic nitrogens is 2. The summed E-state index contributed by atoms with van der Waals surface area (Å²) in [6.45, 7) is 3.95. The zero-order valence-electron chi connectivity index (χ0n) is 23.6. The lowest BCUT2D eigenvalue weighted by Crippen LogP contribution is -2.19. The molecule has 6 rings (SSSR count). The first-order valence-electron chi connectivity index (χ1n) is 14.3. The number of ether oxygens (including phenoxy) is 2. The summed E-state index contributed by atoms with van der Waals surface area (Å²) in [5.74, 6) is -0.764. The van der Waals surface area contributed by atoms with Gasteiger partial charge in [-0.3, -0.25) is 9.59 Å². The van der Waals surface area contributed by atoms with Gasteiger partial charge in [-0.15, -0.1) is 0 Å². The van der Waals surface area contributed by atoms with Crippen LogP contribution in [0, 0.1) is 0 Å². The van der Waals surface area contributed by atoms with Crippen LogP contribution < -0.4 is 9.47 Å². The minimum absolute atomic E-state index is 0.348. The molecule has 42 heavy (non-hydrogen) atoms. The summed E-state index contributed by atoms with van der Waals surface area (Å²) in [7, 11) is 0. The fraction of sp³-hybridized carbons (Fsp3) is 0.167. The highest BCUT2D eigenvalue weighted by Gasteiger charge is 2.29. The maximum absolute atomic E-state index is 13.7. The molecule has 2 atom stereocenters. The van der Waals surface area contributed by atoms with Gasteiger partial charge in [-0.2, -0.15) is 0 Å². The summed E-state index contributed by atoms with van der Waals surface area (Å²) in [4.78, 5) is 34.2. The van der Waals surface area contributed by atoms with Crippen LogP contribution in [0.3, 0.4) is 0 Å². The van der Waals surface area contributed by atoms with E-state index in [1.165, 1.54) is 0 Å². The Labute approximate surface area is 244 Å². The molecule has 2 unspecified atom stereocenters. The van der Waals surface area contributed by atoms with Crippen LogP contribution >= 0.6 is 0 Å². The number of benzene rings is 4. The second-order valence-electron chi connectivity index (χ2n) is 10.3. The Hall–Kier alpha value is -5.10. The predicted molar refractivity (Wildman–Crippen MR) is 166 cm³/mol. The van der Waals surface area contributed by atoms with Crippen LogP contribution in [0.4, 0.5) is 0 Å². The van der Waals surface area contributed by atoms with Gasteiger partial charge in [0.05, 0.1) is 11.8 Å². The number of carbonyl (C=O) groups excluding carboxylic acids is 2. The highest BCUT2D eigenvalue weighted by atomic mass is 16.5. The van der Waals surface area contributed by atoms with Gasteiger partial charge in [-0.05, 0) is 48.2 Å². The lowest BCUT2D eigenvalue weighted by molar-refractivity contribution is -0.137. The molecule has 0 aliphatic heterocycles. The second kappa shape index (κ2) is 11.8. The molecule has 0 aliphatic rings. The van der Waals surface area contributed by atoms with E-state index < -0.39 is 11.8 Å². The van der Waals surface area contributed by atoms with Crippen molar-refractivity contribution in [3.63, 3.8) is 0 Å². The maximum Gasteiger partial charge on any atom is 0.318 e. The van der Waals surface area contributed by atoms with Gasteiger partial charge in [0.1, 0.15) is 11.4 Å². The SMILES string of the molecule is CCC(C(=O)Oc1c(-c2[nH]c3ccccc3c2OC(=O)C(CC)c2ccccc2)[nH]c2ccccc12)c1ccccc1. The zero-order valence-corrected chi connectivity index (χ0v) is 23.6. The molecule has 2 aromatic heterocycles. The molecule has 6 heteroatoms. The summed E-state index contributed by atoms with van der Waals surface area (Å²) in [5, 5.41) is 1.52. The number of rotatable bonds is 9. The van der Waals surface area contributed by atoms with E-state index in [9.17, 15) is 9.59 Å². The van der Waals surface area contributed by atoms with Crippen molar-refractivity contribution in [2.45, 2.75) is 38.5 Å². The van der Waals surface area contributed by atoms with Crippen LogP contribution in [0.1, 0.15) is 49.7 Å². The maximum atomic E-state index is 13.7. The quantitative estimate of drug-likeness (QED) is 0.175. The third kappa shape index (κ3) is 5.07. The number of hydrogen-bond acceptors (Lipinski definition) is 4. The van der Waals surface area contributed by atoms with Gasteiger partial charge in [0.15, 0.2) is 11.5 Å². The standard InChI is InChI=1S/C36H32N2O4/c1-3-25(23-15-7-5-8-16-23)35(39)41-33-27-19-11-13-21-29(27)37-31(33)32-34(28-20-12-14-22-30(28)38-32)42-36(40)26(4-2)24-17-9-6-10-18-24/h5-22,25-26,37-38H,3-4H2,1-2H3. The van der Waals surface area contributed by atoms with Crippen molar-refractivity contribution in [3.8, 4) is 22.9 Å². The molecule has 0 bridgehead atoms. The summed E-state index contributed by atoms with van der Waals surface area (Å²) in [5.41, 5.74) is 4.49. The minimum atomic E-state index is -0.427. The van der Waals surface area contributed by atoms with Gasteiger partial charge in [0.2, 0.25) is 0 Å². The van der Waals surface area contributed by atoms with E-state index in [1.807, 2.05) is 123 Å². The molecule has 210 valence electrons. The average molecular weight is 557 g/mol. The normalized spacial score (nSPS) is 12.7. The van der Waals surface area contributed by atoms with Crippen LogP contribution in [-0.2, 0) is 9.59 Å². The van der Waals surface area contributed by atoms with Crippen LogP contribution in [0.5, 0.6) is 11.5 Å². The Morgan fingerprint density at radius 3 is 1.29 bits per heavy atom. The lowest BCUT2D eigenvalue weighted by Gasteiger charge is -2.16. The first kappa shape index (κ1) is 27.1. The number of fused-ring (bicyclic) bond motifs is 2. The largest absolute Gasteiger partial charge is 0.423 e. The fourth-order valence-corrected chi connectivity index (χ4v) is 5.59. The summed E-state index contributed by atoms with van der Waals surface area (Å²) < 4.78 is 12.4. The number of nitrogens with one attached hydrogen (secondary N) is 2. The molecule has 0 aliphatic carbocycles. The number of aromatic amines is 2. The van der Waals surface area contributed by atoms with Gasteiger partial charge >= 0.3 is 11.9 Å². The first-order valence-corrected chi connectivity index (χ1v) is 14.3. The van der Waals surface area contributed by atoms with Crippen molar-refractivity contribution >= 4 is 33.7 Å². The highest BCUT2D eigenvalue weighted by Crippen LogP contribution is 2.45. The van der Waals surface area contributed by atoms with E-state index in [4.69, 9.17) is 9.47 Å². The number of hydrogen-bond donors (Lipinski definition) is 2. The van der Waals surface area contributed by atoms with Crippen LogP contribution in [0.2, 0.25) is 0 Å².